The molecule has 0 spiro atoms. The summed E-state index contributed by atoms with van der Waals surface area (Å²) in [5, 5.41) is 0. The summed E-state index contributed by atoms with van der Waals surface area (Å²) < 4.78 is 5.14. The quantitative estimate of drug-likeness (QED) is 0.768. The maximum atomic E-state index is 11.3. The molecule has 0 radical (unpaired) electrons. The Hall–Kier alpha value is -0.960. The Bertz CT molecular complexity index is 355. The highest BCUT2D eigenvalue weighted by Gasteiger charge is 2.24. The third-order valence-electron chi connectivity index (χ3n) is 3.42. The molecular formula is C14H18O2S. The number of carbonyl (C=O) groups excluding carboxylic acids is 1. The monoisotopic (exact) mass is 250 g/mol. The Balaban J connectivity index is 2.12. The van der Waals surface area contributed by atoms with Crippen LogP contribution in [0.5, 0.6) is 5.75 Å². The van der Waals surface area contributed by atoms with E-state index in [0.29, 0.717) is 5.92 Å². The lowest BCUT2D eigenvalue weighted by Crippen LogP contribution is -2.19. The molecular weight excluding hydrogens is 232 g/mol. The van der Waals surface area contributed by atoms with Crippen molar-refractivity contribution in [2.75, 3.05) is 18.6 Å². The Morgan fingerprint density at radius 3 is 2.47 bits per heavy atom. The van der Waals surface area contributed by atoms with Gasteiger partial charge in [-0.05, 0) is 48.0 Å². The minimum Gasteiger partial charge on any atom is -0.497 e. The minimum atomic E-state index is 0.0572. The van der Waals surface area contributed by atoms with E-state index in [0.717, 1.165) is 30.4 Å². The van der Waals surface area contributed by atoms with Gasteiger partial charge in [-0.25, -0.2) is 0 Å². The SMILES string of the molecule is COc1ccc(C(C=O)C2CCSCC2)cc1. The molecule has 1 aromatic rings. The molecule has 17 heavy (non-hydrogen) atoms. The largest absolute Gasteiger partial charge is 0.497 e. The highest BCUT2D eigenvalue weighted by molar-refractivity contribution is 7.99. The predicted molar refractivity (Wildman–Crippen MR) is 71.8 cm³/mol. The van der Waals surface area contributed by atoms with Crippen molar-refractivity contribution >= 4 is 18.0 Å². The van der Waals surface area contributed by atoms with Gasteiger partial charge < -0.3 is 9.53 Å². The standard InChI is InChI=1S/C14H18O2S/c1-16-13-4-2-11(3-5-13)14(10-15)12-6-8-17-9-7-12/h2-5,10,12,14H,6-9H2,1H3. The second-order valence-corrected chi connectivity index (χ2v) is 5.61. The third-order valence-corrected chi connectivity index (χ3v) is 4.47. The van der Waals surface area contributed by atoms with Gasteiger partial charge in [0.05, 0.1) is 7.11 Å². The van der Waals surface area contributed by atoms with Crippen LogP contribution in [0.2, 0.25) is 0 Å². The second-order valence-electron chi connectivity index (χ2n) is 4.38. The van der Waals surface area contributed by atoms with Crippen molar-refractivity contribution in [3.63, 3.8) is 0 Å². The average Bonchev–Trinajstić information content (AvgIpc) is 2.42. The number of aldehydes is 1. The third kappa shape index (κ3) is 3.03. The molecule has 0 amide bonds. The first-order valence-electron chi connectivity index (χ1n) is 6.02. The van der Waals surface area contributed by atoms with Gasteiger partial charge in [0.2, 0.25) is 0 Å². The van der Waals surface area contributed by atoms with E-state index < -0.39 is 0 Å². The summed E-state index contributed by atoms with van der Waals surface area (Å²) in [6, 6.07) is 7.89. The highest BCUT2D eigenvalue weighted by atomic mass is 32.2. The van der Waals surface area contributed by atoms with E-state index in [1.807, 2.05) is 36.0 Å². The maximum absolute atomic E-state index is 11.3. The van der Waals surface area contributed by atoms with Crippen LogP contribution in [0.4, 0.5) is 0 Å². The van der Waals surface area contributed by atoms with Crippen LogP contribution in [0, 0.1) is 5.92 Å². The Kier molecular flexibility index (Phi) is 4.49. The number of ether oxygens (including phenoxy) is 1. The van der Waals surface area contributed by atoms with Crippen molar-refractivity contribution in [1.29, 1.82) is 0 Å². The summed E-state index contributed by atoms with van der Waals surface area (Å²) >= 11 is 1.99. The van der Waals surface area contributed by atoms with E-state index in [1.165, 1.54) is 11.5 Å². The average molecular weight is 250 g/mol. The second kappa shape index (κ2) is 6.10. The van der Waals surface area contributed by atoms with Crippen molar-refractivity contribution in [1.82, 2.24) is 0 Å². The number of hydrogen-bond donors (Lipinski definition) is 0. The predicted octanol–water partition coefficient (Wildman–Crippen LogP) is 3.12. The lowest BCUT2D eigenvalue weighted by molar-refractivity contribution is -0.110. The maximum Gasteiger partial charge on any atom is 0.127 e. The zero-order chi connectivity index (χ0) is 12.1. The number of rotatable bonds is 4. The lowest BCUT2D eigenvalue weighted by atomic mass is 9.83. The molecule has 1 unspecified atom stereocenters. The summed E-state index contributed by atoms with van der Waals surface area (Å²) in [7, 11) is 1.66. The molecule has 1 heterocycles. The molecule has 1 atom stereocenters. The highest BCUT2D eigenvalue weighted by Crippen LogP contribution is 2.34. The summed E-state index contributed by atoms with van der Waals surface area (Å²) in [6.45, 7) is 0. The number of benzene rings is 1. The van der Waals surface area contributed by atoms with E-state index >= 15 is 0 Å². The molecule has 2 rings (SSSR count). The molecule has 2 nitrogen and oxygen atoms in total. The first-order chi connectivity index (χ1) is 8.35. The number of thioether (sulfide) groups is 1. The summed E-state index contributed by atoms with van der Waals surface area (Å²) in [6.07, 6.45) is 3.42. The molecule has 0 aromatic heterocycles. The van der Waals surface area contributed by atoms with Gasteiger partial charge in [0, 0.05) is 5.92 Å². The van der Waals surface area contributed by atoms with Gasteiger partial charge in [0.15, 0.2) is 0 Å². The fraction of sp³-hybridized carbons (Fsp3) is 0.500. The van der Waals surface area contributed by atoms with Crippen LogP contribution >= 0.6 is 11.8 Å². The zero-order valence-corrected chi connectivity index (χ0v) is 10.9. The van der Waals surface area contributed by atoms with E-state index in [1.54, 1.807) is 7.11 Å². The molecule has 1 aromatic carbocycles. The van der Waals surface area contributed by atoms with Crippen molar-refractivity contribution in [2.45, 2.75) is 18.8 Å². The molecule has 3 heteroatoms. The molecule has 0 N–H and O–H groups in total. The van der Waals surface area contributed by atoms with Gasteiger partial charge in [0.25, 0.3) is 0 Å². The van der Waals surface area contributed by atoms with Gasteiger partial charge in [-0.1, -0.05) is 12.1 Å². The van der Waals surface area contributed by atoms with Crippen LogP contribution in [0.3, 0.4) is 0 Å². The van der Waals surface area contributed by atoms with Crippen molar-refractivity contribution in [2.24, 2.45) is 5.92 Å². The first-order valence-corrected chi connectivity index (χ1v) is 7.17. The summed E-state index contributed by atoms with van der Waals surface area (Å²) in [4.78, 5) is 11.3. The summed E-state index contributed by atoms with van der Waals surface area (Å²) in [5.74, 6) is 3.79. The molecule has 1 aliphatic heterocycles. The van der Waals surface area contributed by atoms with Gasteiger partial charge in [-0.2, -0.15) is 11.8 Å². The van der Waals surface area contributed by atoms with E-state index in [2.05, 4.69) is 0 Å². The fourth-order valence-corrected chi connectivity index (χ4v) is 3.51. The van der Waals surface area contributed by atoms with Crippen LogP contribution in [-0.2, 0) is 4.79 Å². The van der Waals surface area contributed by atoms with Gasteiger partial charge in [-0.3, -0.25) is 0 Å². The van der Waals surface area contributed by atoms with Gasteiger partial charge in [-0.15, -0.1) is 0 Å². The molecule has 0 saturated carbocycles. The smallest absolute Gasteiger partial charge is 0.127 e. The van der Waals surface area contributed by atoms with Crippen molar-refractivity contribution < 1.29 is 9.53 Å². The lowest BCUT2D eigenvalue weighted by Gasteiger charge is -2.26. The fourth-order valence-electron chi connectivity index (χ4n) is 2.36. The Labute approximate surface area is 107 Å². The molecule has 92 valence electrons. The Morgan fingerprint density at radius 2 is 1.94 bits per heavy atom. The van der Waals surface area contributed by atoms with E-state index in [4.69, 9.17) is 4.74 Å². The first kappa shape index (κ1) is 12.5. The van der Waals surface area contributed by atoms with Gasteiger partial charge >= 0.3 is 0 Å². The van der Waals surface area contributed by atoms with Crippen LogP contribution < -0.4 is 4.74 Å². The topological polar surface area (TPSA) is 26.3 Å². The number of methoxy groups -OCH3 is 1. The zero-order valence-electron chi connectivity index (χ0n) is 10.1. The van der Waals surface area contributed by atoms with Crippen molar-refractivity contribution in [3.8, 4) is 5.75 Å². The minimum absolute atomic E-state index is 0.0572. The normalized spacial score (nSPS) is 18.6. The Morgan fingerprint density at radius 1 is 1.29 bits per heavy atom. The number of carbonyl (C=O) groups is 1. The number of hydrogen-bond acceptors (Lipinski definition) is 3. The van der Waals surface area contributed by atoms with Crippen molar-refractivity contribution in [3.05, 3.63) is 29.8 Å². The molecule has 1 fully saturated rings. The van der Waals surface area contributed by atoms with Crippen LogP contribution in [0.25, 0.3) is 0 Å². The van der Waals surface area contributed by atoms with E-state index in [9.17, 15) is 4.79 Å². The van der Waals surface area contributed by atoms with Crippen LogP contribution in [0.15, 0.2) is 24.3 Å². The molecule has 0 aliphatic carbocycles. The molecule has 0 bridgehead atoms. The van der Waals surface area contributed by atoms with Gasteiger partial charge in [0.1, 0.15) is 12.0 Å². The van der Waals surface area contributed by atoms with E-state index in [-0.39, 0.29) is 5.92 Å². The van der Waals surface area contributed by atoms with Crippen LogP contribution in [0.1, 0.15) is 24.3 Å². The van der Waals surface area contributed by atoms with Crippen LogP contribution in [-0.4, -0.2) is 24.9 Å². The molecule has 1 aliphatic rings. The molecule has 1 saturated heterocycles. The summed E-state index contributed by atoms with van der Waals surface area (Å²) in [5.41, 5.74) is 1.12.